The van der Waals surface area contributed by atoms with Crippen LogP contribution in [0.15, 0.2) is 36.4 Å². The van der Waals surface area contributed by atoms with E-state index in [-0.39, 0.29) is 23.0 Å². The van der Waals surface area contributed by atoms with Gasteiger partial charge in [0.15, 0.2) is 23.9 Å². The van der Waals surface area contributed by atoms with E-state index in [2.05, 4.69) is 13.8 Å². The van der Waals surface area contributed by atoms with Crippen LogP contribution in [0.4, 0.5) is 0 Å². The third-order valence-corrected chi connectivity index (χ3v) is 4.70. The van der Waals surface area contributed by atoms with E-state index in [9.17, 15) is 9.59 Å². The molecule has 0 bridgehead atoms. The summed E-state index contributed by atoms with van der Waals surface area (Å²) in [5.74, 6) is 0.131. The second-order valence-electron chi connectivity index (χ2n) is 6.12. The molecule has 0 fully saturated rings. The number of carbonyl (C=O) groups is 2. The molecule has 0 amide bonds. The van der Waals surface area contributed by atoms with Gasteiger partial charge in [-0.1, -0.05) is 49.7 Å². The Balaban J connectivity index is 2.04. The van der Waals surface area contributed by atoms with Crippen molar-refractivity contribution in [3.8, 4) is 11.5 Å². The number of ether oxygens (including phenoxy) is 3. The van der Waals surface area contributed by atoms with Crippen LogP contribution >= 0.6 is 11.6 Å². The molecule has 144 valence electrons. The van der Waals surface area contributed by atoms with E-state index in [1.807, 2.05) is 12.1 Å². The van der Waals surface area contributed by atoms with E-state index in [1.165, 1.54) is 31.9 Å². The van der Waals surface area contributed by atoms with Crippen molar-refractivity contribution < 1.29 is 23.8 Å². The van der Waals surface area contributed by atoms with Crippen molar-refractivity contribution in [3.63, 3.8) is 0 Å². The van der Waals surface area contributed by atoms with Crippen LogP contribution in [0.5, 0.6) is 11.5 Å². The summed E-state index contributed by atoms with van der Waals surface area (Å²) in [4.78, 5) is 24.5. The third kappa shape index (κ3) is 5.01. The SMILES string of the molecule is CC[C@@H](C)c1ccc(C(=O)COC(=O)c2cc(Cl)c(OC)c(OC)c2)cc1. The lowest BCUT2D eigenvalue weighted by Crippen LogP contribution is -2.14. The third-order valence-electron chi connectivity index (χ3n) is 4.42. The first-order valence-corrected chi connectivity index (χ1v) is 9.00. The van der Waals surface area contributed by atoms with Crippen LogP contribution in [-0.2, 0) is 4.74 Å². The summed E-state index contributed by atoms with van der Waals surface area (Å²) in [6.07, 6.45) is 1.03. The minimum Gasteiger partial charge on any atom is -0.493 e. The number of halogens is 1. The predicted octanol–water partition coefficient (Wildman–Crippen LogP) is 4.91. The number of hydrogen-bond acceptors (Lipinski definition) is 5. The fourth-order valence-electron chi connectivity index (χ4n) is 2.57. The second-order valence-corrected chi connectivity index (χ2v) is 6.53. The zero-order chi connectivity index (χ0) is 20.0. The Labute approximate surface area is 164 Å². The monoisotopic (exact) mass is 390 g/mol. The lowest BCUT2D eigenvalue weighted by atomic mass is 9.97. The van der Waals surface area contributed by atoms with E-state index in [4.69, 9.17) is 25.8 Å². The van der Waals surface area contributed by atoms with Crippen LogP contribution in [-0.4, -0.2) is 32.6 Å². The molecule has 0 aliphatic rings. The molecule has 0 aliphatic carbocycles. The van der Waals surface area contributed by atoms with Gasteiger partial charge in [-0.3, -0.25) is 4.79 Å². The summed E-state index contributed by atoms with van der Waals surface area (Å²) in [6, 6.07) is 10.2. The first-order chi connectivity index (χ1) is 12.9. The highest BCUT2D eigenvalue weighted by Crippen LogP contribution is 2.36. The highest BCUT2D eigenvalue weighted by atomic mass is 35.5. The zero-order valence-corrected chi connectivity index (χ0v) is 16.6. The number of methoxy groups -OCH3 is 2. The number of esters is 1. The normalized spacial score (nSPS) is 11.6. The summed E-state index contributed by atoms with van der Waals surface area (Å²) >= 11 is 6.09. The minimum atomic E-state index is -0.664. The molecule has 0 spiro atoms. The second kappa shape index (κ2) is 9.42. The van der Waals surface area contributed by atoms with Crippen LogP contribution in [0.3, 0.4) is 0 Å². The van der Waals surface area contributed by atoms with Crippen LogP contribution in [0, 0.1) is 0 Å². The molecular formula is C21H23ClO5. The van der Waals surface area contributed by atoms with Crippen molar-refractivity contribution in [1.29, 1.82) is 0 Å². The maximum atomic E-state index is 12.3. The summed E-state index contributed by atoms with van der Waals surface area (Å²) in [6.45, 7) is 3.89. The Morgan fingerprint density at radius 3 is 2.26 bits per heavy atom. The van der Waals surface area contributed by atoms with Gasteiger partial charge in [-0.05, 0) is 30.0 Å². The molecule has 0 aromatic heterocycles. The van der Waals surface area contributed by atoms with Crippen LogP contribution in [0.2, 0.25) is 5.02 Å². The van der Waals surface area contributed by atoms with Gasteiger partial charge >= 0.3 is 5.97 Å². The molecule has 0 aliphatic heterocycles. The lowest BCUT2D eigenvalue weighted by molar-refractivity contribution is 0.0474. The number of hydrogen-bond donors (Lipinski definition) is 0. The summed E-state index contributed by atoms with van der Waals surface area (Å²) in [7, 11) is 2.89. The molecule has 0 saturated carbocycles. The zero-order valence-electron chi connectivity index (χ0n) is 15.9. The van der Waals surface area contributed by atoms with Crippen LogP contribution in [0.1, 0.15) is 52.5 Å². The maximum Gasteiger partial charge on any atom is 0.338 e. The molecule has 0 heterocycles. The molecule has 0 N–H and O–H groups in total. The maximum absolute atomic E-state index is 12.3. The van der Waals surface area contributed by atoms with Gasteiger partial charge in [-0.15, -0.1) is 0 Å². The topological polar surface area (TPSA) is 61.8 Å². The molecule has 2 rings (SSSR count). The Morgan fingerprint density at radius 2 is 1.70 bits per heavy atom. The molecule has 2 aromatic rings. The Kier molecular flexibility index (Phi) is 7.25. The van der Waals surface area contributed by atoms with Gasteiger partial charge in [-0.2, -0.15) is 0 Å². The van der Waals surface area contributed by atoms with E-state index in [0.29, 0.717) is 23.0 Å². The van der Waals surface area contributed by atoms with E-state index >= 15 is 0 Å². The predicted molar refractivity (Wildman–Crippen MR) is 104 cm³/mol. The number of carbonyl (C=O) groups excluding carboxylic acids is 2. The van der Waals surface area contributed by atoms with Gasteiger partial charge in [0.25, 0.3) is 0 Å². The molecule has 27 heavy (non-hydrogen) atoms. The van der Waals surface area contributed by atoms with Crippen molar-refractivity contribution in [2.24, 2.45) is 0 Å². The number of ketones is 1. The van der Waals surface area contributed by atoms with E-state index in [1.54, 1.807) is 12.1 Å². The Morgan fingerprint density at radius 1 is 1.04 bits per heavy atom. The molecular weight excluding hydrogens is 368 g/mol. The summed E-state index contributed by atoms with van der Waals surface area (Å²) in [5.41, 5.74) is 1.85. The Hall–Kier alpha value is -2.53. The van der Waals surface area contributed by atoms with Crippen molar-refractivity contribution in [2.45, 2.75) is 26.2 Å². The molecule has 2 aromatic carbocycles. The average molecular weight is 391 g/mol. The average Bonchev–Trinajstić information content (AvgIpc) is 2.70. The lowest BCUT2D eigenvalue weighted by Gasteiger charge is -2.12. The molecule has 1 atom stereocenters. The van der Waals surface area contributed by atoms with Gasteiger partial charge in [-0.25, -0.2) is 4.79 Å². The van der Waals surface area contributed by atoms with Crippen molar-refractivity contribution in [1.82, 2.24) is 0 Å². The minimum absolute atomic E-state index is 0.178. The smallest absolute Gasteiger partial charge is 0.338 e. The van der Waals surface area contributed by atoms with Crippen molar-refractivity contribution >= 4 is 23.4 Å². The van der Waals surface area contributed by atoms with Gasteiger partial charge in [0.2, 0.25) is 0 Å². The van der Waals surface area contributed by atoms with Crippen molar-refractivity contribution in [2.75, 3.05) is 20.8 Å². The standard InChI is InChI=1S/C21H23ClO5/c1-5-13(2)14-6-8-15(9-7-14)18(23)12-27-21(24)16-10-17(22)20(26-4)19(11-16)25-3/h6-11,13H,5,12H2,1-4H3/t13-/m1/s1. The number of Topliss-reactive ketones (excluding diaryl/α,β-unsaturated/α-hetero) is 1. The largest absolute Gasteiger partial charge is 0.493 e. The molecule has 5 nitrogen and oxygen atoms in total. The van der Waals surface area contributed by atoms with E-state index < -0.39 is 5.97 Å². The highest BCUT2D eigenvalue weighted by molar-refractivity contribution is 6.32. The first kappa shape index (κ1) is 20.8. The van der Waals surface area contributed by atoms with E-state index in [0.717, 1.165) is 6.42 Å². The van der Waals surface area contributed by atoms with Gasteiger partial charge < -0.3 is 14.2 Å². The highest BCUT2D eigenvalue weighted by Gasteiger charge is 2.17. The van der Waals surface area contributed by atoms with Crippen LogP contribution in [0.25, 0.3) is 0 Å². The van der Waals surface area contributed by atoms with Crippen LogP contribution < -0.4 is 9.47 Å². The number of benzene rings is 2. The quantitative estimate of drug-likeness (QED) is 0.473. The van der Waals surface area contributed by atoms with Crippen molar-refractivity contribution in [3.05, 3.63) is 58.1 Å². The summed E-state index contributed by atoms with van der Waals surface area (Å²) in [5, 5.41) is 0.218. The fraction of sp³-hybridized carbons (Fsp3) is 0.333. The first-order valence-electron chi connectivity index (χ1n) is 8.63. The van der Waals surface area contributed by atoms with Gasteiger partial charge in [0.05, 0.1) is 24.8 Å². The fourth-order valence-corrected chi connectivity index (χ4v) is 2.85. The molecule has 6 heteroatoms. The molecule has 0 radical (unpaired) electrons. The van der Waals surface area contributed by atoms with Gasteiger partial charge in [0.1, 0.15) is 0 Å². The Bertz CT molecular complexity index is 814. The number of rotatable bonds is 8. The molecule has 0 saturated heterocycles. The summed E-state index contributed by atoms with van der Waals surface area (Å²) < 4.78 is 15.4. The van der Waals surface area contributed by atoms with Gasteiger partial charge in [0, 0.05) is 5.56 Å². The molecule has 0 unspecified atom stereocenters.